The fourth-order valence-electron chi connectivity index (χ4n) is 2.79. The molecular formula is C19H20Cl2O3. The van der Waals surface area contributed by atoms with Crippen molar-refractivity contribution in [1.29, 1.82) is 0 Å². The maximum absolute atomic E-state index is 13.0. The van der Waals surface area contributed by atoms with E-state index in [0.717, 1.165) is 0 Å². The number of carbonyl (C=O) groups excluding carboxylic acids is 1. The van der Waals surface area contributed by atoms with E-state index in [1.165, 1.54) is 0 Å². The molecule has 0 saturated carbocycles. The summed E-state index contributed by atoms with van der Waals surface area (Å²) in [6.45, 7) is 3.53. The van der Waals surface area contributed by atoms with Gasteiger partial charge >= 0.3 is 0 Å². The van der Waals surface area contributed by atoms with Crippen LogP contribution in [0.25, 0.3) is 0 Å². The molecule has 0 spiro atoms. The Bertz CT molecular complexity index is 682. The first kappa shape index (κ1) is 18.6. The second-order valence-electron chi connectivity index (χ2n) is 5.84. The molecule has 2 atom stereocenters. The Balaban J connectivity index is 2.46. The summed E-state index contributed by atoms with van der Waals surface area (Å²) in [6, 6.07) is 10.5. The number of ketones is 1. The van der Waals surface area contributed by atoms with E-state index >= 15 is 0 Å². The predicted octanol–water partition coefficient (Wildman–Crippen LogP) is 4.63. The van der Waals surface area contributed by atoms with Crippen LogP contribution in [-0.2, 0) is 4.79 Å². The third kappa shape index (κ3) is 3.52. The lowest BCUT2D eigenvalue weighted by Crippen LogP contribution is -2.23. The summed E-state index contributed by atoms with van der Waals surface area (Å²) in [5.74, 6) is -1.44. The third-order valence-electron chi connectivity index (χ3n) is 4.28. The number of phenols is 2. The molecule has 0 bridgehead atoms. The number of carbonyl (C=O) groups is 1. The van der Waals surface area contributed by atoms with Crippen molar-refractivity contribution in [3.8, 4) is 11.5 Å². The summed E-state index contributed by atoms with van der Waals surface area (Å²) in [5.41, 5.74) is 2.32. The van der Waals surface area contributed by atoms with E-state index in [1.54, 1.807) is 50.2 Å². The number of hydrogen-bond acceptors (Lipinski definition) is 3. The molecule has 0 aliphatic rings. The standard InChI is InChI=1S/C19H20Cl2O3/c1-11-5-3-7-13(17(11)22)15(9-20)19(24)16(10-21)14-8-4-6-12(2)18(14)23/h3-8,15-16,22-23H,9-10H2,1-2H3. The van der Waals surface area contributed by atoms with Gasteiger partial charge in [0.05, 0.1) is 11.8 Å². The van der Waals surface area contributed by atoms with Crippen LogP contribution in [0.2, 0.25) is 0 Å². The van der Waals surface area contributed by atoms with Crippen LogP contribution in [0.3, 0.4) is 0 Å². The number of alkyl halides is 2. The Morgan fingerprint density at radius 2 is 1.25 bits per heavy atom. The van der Waals surface area contributed by atoms with Crippen molar-refractivity contribution in [3.63, 3.8) is 0 Å². The normalized spacial score (nSPS) is 13.5. The number of halogens is 2. The summed E-state index contributed by atoms with van der Waals surface area (Å²) in [7, 11) is 0. The minimum atomic E-state index is -0.699. The van der Waals surface area contributed by atoms with Gasteiger partial charge in [0.25, 0.3) is 0 Å². The van der Waals surface area contributed by atoms with Crippen LogP contribution in [0, 0.1) is 13.8 Å². The van der Waals surface area contributed by atoms with Gasteiger partial charge in [-0.05, 0) is 25.0 Å². The first-order valence-electron chi connectivity index (χ1n) is 7.65. The Hall–Kier alpha value is -1.71. The van der Waals surface area contributed by atoms with Crippen molar-refractivity contribution < 1.29 is 15.0 Å². The fourth-order valence-corrected chi connectivity index (χ4v) is 3.43. The molecule has 128 valence electrons. The molecule has 0 aliphatic carbocycles. The monoisotopic (exact) mass is 366 g/mol. The largest absolute Gasteiger partial charge is 0.507 e. The van der Waals surface area contributed by atoms with Crippen molar-refractivity contribution in [2.75, 3.05) is 11.8 Å². The molecule has 0 heterocycles. The molecule has 2 rings (SSSR count). The van der Waals surface area contributed by atoms with Crippen LogP contribution in [0.1, 0.15) is 34.1 Å². The van der Waals surface area contributed by atoms with Gasteiger partial charge in [-0.3, -0.25) is 4.79 Å². The topological polar surface area (TPSA) is 57.5 Å². The highest BCUT2D eigenvalue weighted by Gasteiger charge is 2.31. The van der Waals surface area contributed by atoms with Crippen LogP contribution in [0.5, 0.6) is 11.5 Å². The van der Waals surface area contributed by atoms with Gasteiger partial charge in [0, 0.05) is 22.9 Å². The zero-order chi connectivity index (χ0) is 17.9. The van der Waals surface area contributed by atoms with Crippen molar-refractivity contribution in [2.45, 2.75) is 25.7 Å². The fraction of sp³-hybridized carbons (Fsp3) is 0.316. The number of Topliss-reactive ketones (excluding diaryl/α,β-unsaturated/α-hetero) is 1. The van der Waals surface area contributed by atoms with Gasteiger partial charge in [0.15, 0.2) is 0 Å². The van der Waals surface area contributed by atoms with Crippen LogP contribution in [-0.4, -0.2) is 27.8 Å². The third-order valence-corrected chi connectivity index (χ3v) is 4.90. The summed E-state index contributed by atoms with van der Waals surface area (Å²) < 4.78 is 0. The summed E-state index contributed by atoms with van der Waals surface area (Å²) in [5, 5.41) is 20.6. The first-order valence-corrected chi connectivity index (χ1v) is 8.71. The van der Waals surface area contributed by atoms with E-state index in [-0.39, 0.29) is 29.0 Å². The van der Waals surface area contributed by atoms with Crippen molar-refractivity contribution in [1.82, 2.24) is 0 Å². The van der Waals surface area contributed by atoms with Gasteiger partial charge in [0.1, 0.15) is 17.3 Å². The van der Waals surface area contributed by atoms with E-state index in [4.69, 9.17) is 23.2 Å². The smallest absolute Gasteiger partial charge is 0.150 e. The van der Waals surface area contributed by atoms with Gasteiger partial charge in [0.2, 0.25) is 0 Å². The Morgan fingerprint density at radius 1 is 0.875 bits per heavy atom. The Labute approximate surface area is 151 Å². The number of aromatic hydroxyl groups is 2. The van der Waals surface area contributed by atoms with Crippen molar-refractivity contribution in [2.24, 2.45) is 0 Å². The van der Waals surface area contributed by atoms with Crippen LogP contribution < -0.4 is 0 Å². The minimum Gasteiger partial charge on any atom is -0.507 e. The number of aryl methyl sites for hydroxylation is 2. The molecule has 0 fully saturated rings. The molecule has 2 N–H and O–H groups in total. The molecule has 0 aromatic heterocycles. The first-order chi connectivity index (χ1) is 11.4. The molecule has 0 aliphatic heterocycles. The number of phenolic OH excluding ortho intramolecular Hbond substituents is 2. The molecule has 24 heavy (non-hydrogen) atoms. The SMILES string of the molecule is Cc1cccc(C(CCl)C(=O)C(CCl)c2cccc(C)c2O)c1O. The lowest BCUT2D eigenvalue weighted by molar-refractivity contribution is -0.121. The van der Waals surface area contributed by atoms with Gasteiger partial charge in [-0.15, -0.1) is 23.2 Å². The van der Waals surface area contributed by atoms with Crippen molar-refractivity contribution >= 4 is 29.0 Å². The minimum absolute atomic E-state index is 0.0236. The van der Waals surface area contributed by atoms with E-state index in [9.17, 15) is 15.0 Å². The molecule has 2 aromatic rings. The molecule has 2 unspecified atom stereocenters. The lowest BCUT2D eigenvalue weighted by atomic mass is 9.84. The van der Waals surface area contributed by atoms with E-state index in [1.807, 2.05) is 0 Å². The van der Waals surface area contributed by atoms with Gasteiger partial charge in [-0.25, -0.2) is 0 Å². The zero-order valence-electron chi connectivity index (χ0n) is 13.6. The highest BCUT2D eigenvalue weighted by molar-refractivity contribution is 6.22. The van der Waals surface area contributed by atoms with Gasteiger partial charge < -0.3 is 10.2 Å². The maximum Gasteiger partial charge on any atom is 0.150 e. The predicted molar refractivity (Wildman–Crippen MR) is 97.6 cm³/mol. The summed E-state index contributed by atoms with van der Waals surface area (Å²) >= 11 is 12.1. The second kappa shape index (κ2) is 7.91. The highest BCUT2D eigenvalue weighted by Crippen LogP contribution is 2.37. The van der Waals surface area contributed by atoms with Crippen molar-refractivity contribution in [3.05, 3.63) is 58.7 Å². The Morgan fingerprint density at radius 3 is 1.58 bits per heavy atom. The van der Waals surface area contributed by atoms with Crippen LogP contribution in [0.15, 0.2) is 36.4 Å². The summed E-state index contributed by atoms with van der Waals surface area (Å²) in [4.78, 5) is 13.0. The van der Waals surface area contributed by atoms with Crippen LogP contribution in [0.4, 0.5) is 0 Å². The Kier molecular flexibility index (Phi) is 6.14. The maximum atomic E-state index is 13.0. The molecule has 2 aromatic carbocycles. The second-order valence-corrected chi connectivity index (χ2v) is 6.46. The van der Waals surface area contributed by atoms with Crippen LogP contribution >= 0.6 is 23.2 Å². The molecule has 0 saturated heterocycles. The number of para-hydroxylation sites is 2. The molecule has 3 nitrogen and oxygen atoms in total. The average Bonchev–Trinajstić information content (AvgIpc) is 2.56. The molecule has 0 radical (unpaired) electrons. The van der Waals surface area contributed by atoms with Gasteiger partial charge in [-0.1, -0.05) is 36.4 Å². The molecular weight excluding hydrogens is 347 g/mol. The van der Waals surface area contributed by atoms with E-state index < -0.39 is 11.8 Å². The lowest BCUT2D eigenvalue weighted by Gasteiger charge is -2.22. The molecule has 0 amide bonds. The molecule has 5 heteroatoms. The number of benzene rings is 2. The highest BCUT2D eigenvalue weighted by atomic mass is 35.5. The number of rotatable bonds is 6. The van der Waals surface area contributed by atoms with E-state index in [2.05, 4.69) is 0 Å². The van der Waals surface area contributed by atoms with E-state index in [0.29, 0.717) is 22.3 Å². The van der Waals surface area contributed by atoms with Gasteiger partial charge in [-0.2, -0.15) is 0 Å². The zero-order valence-corrected chi connectivity index (χ0v) is 15.1. The average molecular weight is 367 g/mol. The quantitative estimate of drug-likeness (QED) is 0.732. The number of hydrogen-bond donors (Lipinski definition) is 2. The summed E-state index contributed by atoms with van der Waals surface area (Å²) in [6.07, 6.45) is 0.